The molecule has 19 heavy (non-hydrogen) atoms. The van der Waals surface area contributed by atoms with Gasteiger partial charge < -0.3 is 10.4 Å². The Morgan fingerprint density at radius 2 is 1.95 bits per heavy atom. The maximum atomic E-state index is 11.9. The third-order valence-electron chi connectivity index (χ3n) is 2.36. The number of aromatic carboxylic acids is 1. The van der Waals surface area contributed by atoms with Gasteiger partial charge in [0.15, 0.2) is 0 Å². The van der Waals surface area contributed by atoms with Crippen LogP contribution in [0.15, 0.2) is 47.2 Å². The predicted octanol–water partition coefficient (Wildman–Crippen LogP) is 2.79. The molecule has 6 heteroatoms. The summed E-state index contributed by atoms with van der Waals surface area (Å²) in [5.41, 5.74) is 0.934. The fourth-order valence-electron chi connectivity index (χ4n) is 1.44. The summed E-state index contributed by atoms with van der Waals surface area (Å²) in [6.45, 7) is 0. The summed E-state index contributed by atoms with van der Waals surface area (Å²) in [6, 6.07) is 9.32. The summed E-state index contributed by atoms with van der Waals surface area (Å²) in [6.07, 6.45) is 1.43. The van der Waals surface area contributed by atoms with E-state index in [9.17, 15) is 9.59 Å². The van der Waals surface area contributed by atoms with E-state index >= 15 is 0 Å². The summed E-state index contributed by atoms with van der Waals surface area (Å²) in [5, 5.41) is 11.5. The number of rotatable bonds is 3. The molecule has 96 valence electrons. The summed E-state index contributed by atoms with van der Waals surface area (Å²) < 4.78 is 0.636. The number of pyridine rings is 1. The second-order valence-electron chi connectivity index (χ2n) is 3.71. The molecule has 0 fully saturated rings. The number of hydrogen-bond acceptors (Lipinski definition) is 3. The van der Waals surface area contributed by atoms with Crippen molar-refractivity contribution in [3.05, 3.63) is 58.3 Å². The van der Waals surface area contributed by atoms with Crippen molar-refractivity contribution in [3.8, 4) is 0 Å². The molecule has 0 saturated carbocycles. The van der Waals surface area contributed by atoms with Gasteiger partial charge in [-0.2, -0.15) is 0 Å². The van der Waals surface area contributed by atoms with Crippen LogP contribution in [0.1, 0.15) is 20.7 Å². The van der Waals surface area contributed by atoms with Gasteiger partial charge in [0, 0.05) is 11.9 Å². The minimum Gasteiger partial charge on any atom is -0.478 e. The molecule has 0 spiro atoms. The van der Waals surface area contributed by atoms with Gasteiger partial charge in [-0.1, -0.05) is 6.07 Å². The highest BCUT2D eigenvalue weighted by Gasteiger charge is 2.08. The van der Waals surface area contributed by atoms with Crippen LogP contribution in [-0.2, 0) is 0 Å². The molecular weight excluding hydrogens is 312 g/mol. The van der Waals surface area contributed by atoms with Gasteiger partial charge in [-0.15, -0.1) is 0 Å². The van der Waals surface area contributed by atoms with E-state index in [-0.39, 0.29) is 11.5 Å². The minimum absolute atomic E-state index is 0.117. The Labute approximate surface area is 117 Å². The molecule has 2 rings (SSSR count). The van der Waals surface area contributed by atoms with Gasteiger partial charge in [0.25, 0.3) is 5.91 Å². The molecule has 2 N–H and O–H groups in total. The van der Waals surface area contributed by atoms with E-state index in [2.05, 4.69) is 26.2 Å². The van der Waals surface area contributed by atoms with E-state index in [4.69, 9.17) is 5.11 Å². The van der Waals surface area contributed by atoms with Crippen molar-refractivity contribution in [2.45, 2.75) is 0 Å². The maximum absolute atomic E-state index is 11.9. The number of benzene rings is 1. The van der Waals surface area contributed by atoms with E-state index in [1.165, 1.54) is 18.3 Å². The number of carbonyl (C=O) groups excluding carboxylic acids is 1. The van der Waals surface area contributed by atoms with Gasteiger partial charge in [-0.25, -0.2) is 9.78 Å². The second kappa shape index (κ2) is 5.62. The summed E-state index contributed by atoms with van der Waals surface area (Å²) in [7, 11) is 0. The van der Waals surface area contributed by atoms with E-state index in [1.54, 1.807) is 24.3 Å². The SMILES string of the molecule is O=C(O)c1cccc(NC(=O)c2ccc(Br)nc2)c1. The molecule has 0 aliphatic rings. The summed E-state index contributed by atoms with van der Waals surface area (Å²) in [5.74, 6) is -1.39. The number of carbonyl (C=O) groups is 2. The Balaban J connectivity index is 2.17. The van der Waals surface area contributed by atoms with Crippen LogP contribution in [0.5, 0.6) is 0 Å². The fourth-order valence-corrected chi connectivity index (χ4v) is 1.68. The van der Waals surface area contributed by atoms with Crippen molar-refractivity contribution < 1.29 is 14.7 Å². The van der Waals surface area contributed by atoms with Crippen LogP contribution >= 0.6 is 15.9 Å². The van der Waals surface area contributed by atoms with Crippen molar-refractivity contribution in [1.29, 1.82) is 0 Å². The Kier molecular flexibility index (Phi) is 3.91. The lowest BCUT2D eigenvalue weighted by Crippen LogP contribution is -2.12. The molecule has 5 nitrogen and oxygen atoms in total. The van der Waals surface area contributed by atoms with Gasteiger partial charge in [0.05, 0.1) is 11.1 Å². The van der Waals surface area contributed by atoms with Crippen molar-refractivity contribution in [2.75, 3.05) is 5.32 Å². The molecule has 0 bridgehead atoms. The zero-order valence-electron chi connectivity index (χ0n) is 9.63. The zero-order chi connectivity index (χ0) is 13.8. The highest BCUT2D eigenvalue weighted by atomic mass is 79.9. The van der Waals surface area contributed by atoms with Gasteiger partial charge in [-0.05, 0) is 46.3 Å². The van der Waals surface area contributed by atoms with Crippen LogP contribution in [0.4, 0.5) is 5.69 Å². The normalized spacial score (nSPS) is 9.95. The van der Waals surface area contributed by atoms with Crippen LogP contribution in [0, 0.1) is 0 Å². The first-order valence-corrected chi connectivity index (χ1v) is 6.12. The Bertz CT molecular complexity index is 626. The molecule has 1 aromatic carbocycles. The maximum Gasteiger partial charge on any atom is 0.335 e. The monoisotopic (exact) mass is 320 g/mol. The number of nitrogens with zero attached hydrogens (tertiary/aromatic N) is 1. The number of amides is 1. The molecule has 0 aliphatic heterocycles. The first-order chi connectivity index (χ1) is 9.06. The fraction of sp³-hybridized carbons (Fsp3) is 0. The first kappa shape index (κ1) is 13.2. The van der Waals surface area contributed by atoms with Crippen LogP contribution < -0.4 is 5.32 Å². The van der Waals surface area contributed by atoms with Crippen LogP contribution in [-0.4, -0.2) is 22.0 Å². The number of hydrogen-bond donors (Lipinski definition) is 2. The number of anilines is 1. The lowest BCUT2D eigenvalue weighted by molar-refractivity contribution is 0.0696. The zero-order valence-corrected chi connectivity index (χ0v) is 11.2. The van der Waals surface area contributed by atoms with E-state index < -0.39 is 5.97 Å². The van der Waals surface area contributed by atoms with Gasteiger partial charge >= 0.3 is 5.97 Å². The molecular formula is C13H9BrN2O3. The number of aromatic nitrogens is 1. The standard InChI is InChI=1S/C13H9BrN2O3/c14-11-5-4-9(7-15-11)12(17)16-10-3-1-2-8(6-10)13(18)19/h1-7H,(H,16,17)(H,18,19). The van der Waals surface area contributed by atoms with Crippen LogP contribution in [0.25, 0.3) is 0 Å². The largest absolute Gasteiger partial charge is 0.478 e. The van der Waals surface area contributed by atoms with Gasteiger partial charge in [0.2, 0.25) is 0 Å². The third kappa shape index (κ3) is 3.38. The van der Waals surface area contributed by atoms with Crippen LogP contribution in [0.2, 0.25) is 0 Å². The molecule has 0 atom stereocenters. The Morgan fingerprint density at radius 1 is 1.16 bits per heavy atom. The number of carboxylic acid groups (broad SMARTS) is 1. The van der Waals surface area contributed by atoms with E-state index in [0.717, 1.165) is 0 Å². The number of carboxylic acids is 1. The minimum atomic E-state index is -1.04. The predicted molar refractivity (Wildman–Crippen MR) is 73.3 cm³/mol. The molecule has 0 aliphatic carbocycles. The number of halogens is 1. The quantitative estimate of drug-likeness (QED) is 0.852. The van der Waals surface area contributed by atoms with Crippen molar-refractivity contribution >= 4 is 33.5 Å². The highest BCUT2D eigenvalue weighted by molar-refractivity contribution is 9.10. The second-order valence-corrected chi connectivity index (χ2v) is 4.52. The van der Waals surface area contributed by atoms with Crippen molar-refractivity contribution in [3.63, 3.8) is 0 Å². The lowest BCUT2D eigenvalue weighted by Gasteiger charge is -2.05. The van der Waals surface area contributed by atoms with Gasteiger partial charge in [-0.3, -0.25) is 4.79 Å². The molecule has 0 radical (unpaired) electrons. The summed E-state index contributed by atoms with van der Waals surface area (Å²) >= 11 is 3.18. The molecule has 2 aromatic rings. The first-order valence-electron chi connectivity index (χ1n) is 5.32. The van der Waals surface area contributed by atoms with Crippen molar-refractivity contribution in [1.82, 2.24) is 4.98 Å². The molecule has 1 amide bonds. The molecule has 1 heterocycles. The van der Waals surface area contributed by atoms with E-state index in [0.29, 0.717) is 15.9 Å². The lowest BCUT2D eigenvalue weighted by atomic mass is 10.2. The topological polar surface area (TPSA) is 79.3 Å². The average molecular weight is 321 g/mol. The Morgan fingerprint density at radius 3 is 2.58 bits per heavy atom. The Hall–Kier alpha value is -2.21. The van der Waals surface area contributed by atoms with Crippen molar-refractivity contribution in [2.24, 2.45) is 0 Å². The summed E-state index contributed by atoms with van der Waals surface area (Å²) in [4.78, 5) is 26.7. The molecule has 0 unspecified atom stereocenters. The number of nitrogens with one attached hydrogen (secondary N) is 1. The third-order valence-corrected chi connectivity index (χ3v) is 2.83. The van der Waals surface area contributed by atoms with Crippen LogP contribution in [0.3, 0.4) is 0 Å². The highest BCUT2D eigenvalue weighted by Crippen LogP contribution is 2.13. The average Bonchev–Trinajstić information content (AvgIpc) is 2.39. The molecule has 0 saturated heterocycles. The smallest absolute Gasteiger partial charge is 0.335 e. The van der Waals surface area contributed by atoms with Gasteiger partial charge in [0.1, 0.15) is 4.60 Å². The van der Waals surface area contributed by atoms with E-state index in [1.807, 2.05) is 0 Å². The molecule has 1 aromatic heterocycles.